The van der Waals surface area contributed by atoms with Crippen LogP contribution in [0.2, 0.25) is 0 Å². The van der Waals surface area contributed by atoms with E-state index in [4.69, 9.17) is 14.6 Å². The molecule has 2 rings (SSSR count). The van der Waals surface area contributed by atoms with Crippen LogP contribution in [-0.4, -0.2) is 47.7 Å². The van der Waals surface area contributed by atoms with Crippen LogP contribution in [-0.2, 0) is 14.3 Å². The first kappa shape index (κ1) is 21.4. The van der Waals surface area contributed by atoms with Crippen molar-refractivity contribution in [2.75, 3.05) is 13.2 Å². The van der Waals surface area contributed by atoms with Gasteiger partial charge in [0.25, 0.3) is 0 Å². The van der Waals surface area contributed by atoms with Crippen LogP contribution in [0.25, 0.3) is 0 Å². The molecule has 2 aliphatic heterocycles. The highest BCUT2D eigenvalue weighted by atomic mass is 16.5. The Bertz CT molecular complexity index is 436. The maximum atomic E-state index is 10.5. The Kier molecular flexibility index (Phi) is 9.65. The molecule has 5 atom stereocenters. The van der Waals surface area contributed by atoms with Gasteiger partial charge in [0, 0.05) is 24.9 Å². The first-order valence-electron chi connectivity index (χ1n) is 10.4. The number of aliphatic hydroxyl groups excluding tert-OH is 1. The van der Waals surface area contributed by atoms with E-state index in [1.165, 1.54) is 12.8 Å². The Morgan fingerprint density at radius 2 is 2.00 bits per heavy atom. The average molecular weight is 369 g/mol. The minimum atomic E-state index is -0.725. The van der Waals surface area contributed by atoms with E-state index in [9.17, 15) is 9.90 Å². The van der Waals surface area contributed by atoms with E-state index in [0.29, 0.717) is 31.2 Å². The number of carboxylic acid groups (broad SMARTS) is 1. The molecule has 0 radical (unpaired) electrons. The summed E-state index contributed by atoms with van der Waals surface area (Å²) < 4.78 is 11.9. The molecule has 2 N–H and O–H groups in total. The molecule has 2 heterocycles. The lowest BCUT2D eigenvalue weighted by Crippen LogP contribution is -2.30. The SMILES string of the molecule is CCCCCC(O)/C=C/[C@H]1[C@@H](COCCCCCC(=O)O)[C@H]2CC[C@@H]1O2. The number of rotatable bonds is 14. The minimum absolute atomic E-state index is 0.244. The lowest BCUT2D eigenvalue weighted by molar-refractivity contribution is -0.137. The van der Waals surface area contributed by atoms with Crippen LogP contribution in [0.1, 0.15) is 71.1 Å². The molecular formula is C21H36O5. The molecule has 2 saturated heterocycles. The van der Waals surface area contributed by atoms with Gasteiger partial charge >= 0.3 is 5.97 Å². The Hall–Kier alpha value is -0.910. The number of aliphatic hydroxyl groups is 1. The van der Waals surface area contributed by atoms with Crippen molar-refractivity contribution in [3.05, 3.63) is 12.2 Å². The quantitative estimate of drug-likeness (QED) is 0.359. The highest BCUT2D eigenvalue weighted by Crippen LogP contribution is 2.44. The average Bonchev–Trinajstić information content (AvgIpc) is 3.20. The van der Waals surface area contributed by atoms with Crippen molar-refractivity contribution in [1.82, 2.24) is 0 Å². The predicted molar refractivity (Wildman–Crippen MR) is 101 cm³/mol. The first-order chi connectivity index (χ1) is 12.6. The van der Waals surface area contributed by atoms with Crippen molar-refractivity contribution in [3.8, 4) is 0 Å². The number of hydrogen-bond donors (Lipinski definition) is 2. The number of unbranched alkanes of at least 4 members (excludes halogenated alkanes) is 4. The highest BCUT2D eigenvalue weighted by molar-refractivity contribution is 5.66. The molecule has 5 nitrogen and oxygen atoms in total. The normalized spacial score (nSPS) is 28.8. The van der Waals surface area contributed by atoms with Crippen LogP contribution >= 0.6 is 0 Å². The van der Waals surface area contributed by atoms with Gasteiger partial charge in [0.2, 0.25) is 0 Å². The standard InChI is InChI=1S/C21H36O5/c1-2-3-5-8-16(22)10-11-17-18(20-13-12-19(17)26-20)15-25-14-7-4-6-9-21(23)24/h10-11,16-20,22H,2-9,12-15H2,1H3,(H,23,24)/b11-10+/t16?,17-,18+,19-,20+/m0/s1. The second-order valence-corrected chi connectivity index (χ2v) is 7.76. The second kappa shape index (κ2) is 11.7. The zero-order chi connectivity index (χ0) is 18.8. The zero-order valence-electron chi connectivity index (χ0n) is 16.1. The maximum absolute atomic E-state index is 10.5. The molecule has 2 fully saturated rings. The van der Waals surface area contributed by atoms with Crippen molar-refractivity contribution < 1.29 is 24.5 Å². The van der Waals surface area contributed by atoms with Gasteiger partial charge in [-0.1, -0.05) is 44.8 Å². The van der Waals surface area contributed by atoms with E-state index in [-0.39, 0.29) is 18.6 Å². The molecule has 0 saturated carbocycles. The molecule has 0 aromatic carbocycles. The van der Waals surface area contributed by atoms with Gasteiger partial charge in [-0.3, -0.25) is 4.79 Å². The van der Waals surface area contributed by atoms with Crippen LogP contribution in [0.5, 0.6) is 0 Å². The minimum Gasteiger partial charge on any atom is -0.481 e. The van der Waals surface area contributed by atoms with Crippen LogP contribution in [0.4, 0.5) is 0 Å². The van der Waals surface area contributed by atoms with Crippen LogP contribution < -0.4 is 0 Å². The lowest BCUT2D eigenvalue weighted by atomic mass is 9.79. The van der Waals surface area contributed by atoms with Gasteiger partial charge in [-0.05, 0) is 32.1 Å². The van der Waals surface area contributed by atoms with Crippen molar-refractivity contribution in [1.29, 1.82) is 0 Å². The Labute approximate surface area is 157 Å². The van der Waals surface area contributed by atoms with E-state index < -0.39 is 5.97 Å². The summed E-state index contributed by atoms with van der Waals surface area (Å²) in [6.07, 6.45) is 13.6. The van der Waals surface area contributed by atoms with Gasteiger partial charge in [0.15, 0.2) is 0 Å². The van der Waals surface area contributed by atoms with Gasteiger partial charge in [-0.2, -0.15) is 0 Å². The molecule has 5 heteroatoms. The monoisotopic (exact) mass is 368 g/mol. The third-order valence-corrected chi connectivity index (χ3v) is 5.64. The largest absolute Gasteiger partial charge is 0.481 e. The number of aliphatic carboxylic acids is 1. The fraction of sp³-hybridized carbons (Fsp3) is 0.857. The van der Waals surface area contributed by atoms with Crippen molar-refractivity contribution >= 4 is 5.97 Å². The summed E-state index contributed by atoms with van der Waals surface area (Å²) in [7, 11) is 0. The predicted octanol–water partition coefficient (Wildman–Crippen LogP) is 3.94. The molecule has 0 aromatic heterocycles. The summed E-state index contributed by atoms with van der Waals surface area (Å²) in [5, 5.41) is 18.8. The Morgan fingerprint density at radius 1 is 1.19 bits per heavy atom. The molecular weight excluding hydrogens is 332 g/mol. The number of carboxylic acids is 1. The molecule has 2 bridgehead atoms. The van der Waals surface area contributed by atoms with Gasteiger partial charge in [-0.25, -0.2) is 0 Å². The van der Waals surface area contributed by atoms with Crippen LogP contribution in [0.15, 0.2) is 12.2 Å². The number of ether oxygens (including phenoxy) is 2. The van der Waals surface area contributed by atoms with Crippen LogP contribution in [0.3, 0.4) is 0 Å². The third-order valence-electron chi connectivity index (χ3n) is 5.64. The molecule has 1 unspecified atom stereocenters. The first-order valence-corrected chi connectivity index (χ1v) is 10.4. The van der Waals surface area contributed by atoms with Crippen molar-refractivity contribution in [2.24, 2.45) is 11.8 Å². The summed E-state index contributed by atoms with van der Waals surface area (Å²) in [5.41, 5.74) is 0. The molecule has 0 amide bonds. The number of hydrogen-bond acceptors (Lipinski definition) is 4. The topological polar surface area (TPSA) is 76.0 Å². The summed E-state index contributed by atoms with van der Waals surface area (Å²) >= 11 is 0. The van der Waals surface area contributed by atoms with E-state index in [0.717, 1.165) is 44.9 Å². The van der Waals surface area contributed by atoms with Gasteiger partial charge < -0.3 is 19.7 Å². The number of carbonyl (C=O) groups is 1. The van der Waals surface area contributed by atoms with Gasteiger partial charge in [0.1, 0.15) is 0 Å². The van der Waals surface area contributed by atoms with E-state index >= 15 is 0 Å². The molecule has 0 aromatic rings. The van der Waals surface area contributed by atoms with Gasteiger partial charge in [-0.15, -0.1) is 0 Å². The highest BCUT2D eigenvalue weighted by Gasteiger charge is 2.47. The number of fused-ring (bicyclic) bond motifs is 2. The second-order valence-electron chi connectivity index (χ2n) is 7.76. The van der Waals surface area contributed by atoms with Crippen molar-refractivity contribution in [3.63, 3.8) is 0 Å². The zero-order valence-corrected chi connectivity index (χ0v) is 16.1. The summed E-state index contributed by atoms with van der Waals surface area (Å²) in [4.78, 5) is 10.5. The molecule has 0 spiro atoms. The molecule has 2 aliphatic rings. The molecule has 150 valence electrons. The molecule has 26 heavy (non-hydrogen) atoms. The van der Waals surface area contributed by atoms with Crippen LogP contribution in [0, 0.1) is 11.8 Å². The Balaban J connectivity index is 1.68. The fourth-order valence-electron chi connectivity index (χ4n) is 4.13. The maximum Gasteiger partial charge on any atom is 0.303 e. The summed E-state index contributed by atoms with van der Waals surface area (Å²) in [6, 6.07) is 0. The smallest absolute Gasteiger partial charge is 0.303 e. The molecule has 0 aliphatic carbocycles. The third kappa shape index (κ3) is 7.01. The fourth-order valence-corrected chi connectivity index (χ4v) is 4.13. The summed E-state index contributed by atoms with van der Waals surface area (Å²) in [5.74, 6) is 0.00463. The Morgan fingerprint density at radius 3 is 2.77 bits per heavy atom. The summed E-state index contributed by atoms with van der Waals surface area (Å²) in [6.45, 7) is 3.55. The lowest BCUT2D eigenvalue weighted by Gasteiger charge is -2.25. The van der Waals surface area contributed by atoms with E-state index in [1.54, 1.807) is 0 Å². The van der Waals surface area contributed by atoms with Gasteiger partial charge in [0.05, 0.1) is 24.9 Å². The van der Waals surface area contributed by atoms with Crippen molar-refractivity contribution in [2.45, 2.75) is 89.4 Å². The van der Waals surface area contributed by atoms with E-state index in [1.807, 2.05) is 6.08 Å². The van der Waals surface area contributed by atoms with E-state index in [2.05, 4.69) is 13.0 Å².